The van der Waals surface area contributed by atoms with Gasteiger partial charge in [0.1, 0.15) is 11.0 Å². The third-order valence-electron chi connectivity index (χ3n) is 2.42. The molecular formula is C12H14ClN3S. The highest BCUT2D eigenvalue weighted by molar-refractivity contribution is 7.09. The van der Waals surface area contributed by atoms with Crippen molar-refractivity contribution in [1.29, 1.82) is 0 Å². The molecule has 0 radical (unpaired) electrons. The van der Waals surface area contributed by atoms with E-state index in [1.807, 2.05) is 0 Å². The highest BCUT2D eigenvalue weighted by atomic mass is 35.5. The van der Waals surface area contributed by atoms with Gasteiger partial charge >= 0.3 is 0 Å². The van der Waals surface area contributed by atoms with Crippen molar-refractivity contribution in [3.05, 3.63) is 39.9 Å². The van der Waals surface area contributed by atoms with Crippen molar-refractivity contribution >= 4 is 28.8 Å². The Balaban J connectivity index is 2.23. The van der Waals surface area contributed by atoms with Crippen LogP contribution in [0.4, 0.5) is 5.82 Å². The van der Waals surface area contributed by atoms with Crippen molar-refractivity contribution in [2.75, 3.05) is 4.90 Å². The largest absolute Gasteiger partial charge is 0.348 e. The third-order valence-corrected chi connectivity index (χ3v) is 3.46. The van der Waals surface area contributed by atoms with E-state index in [1.165, 1.54) is 4.88 Å². The van der Waals surface area contributed by atoms with E-state index in [2.05, 4.69) is 46.2 Å². The monoisotopic (exact) mass is 267 g/mol. The smallest absolute Gasteiger partial charge is 0.149 e. The molecule has 17 heavy (non-hydrogen) atoms. The molecule has 2 aromatic heterocycles. The van der Waals surface area contributed by atoms with Crippen LogP contribution in [0.15, 0.2) is 29.9 Å². The molecule has 0 amide bonds. The Morgan fingerprint density at radius 3 is 2.82 bits per heavy atom. The molecule has 0 saturated heterocycles. The summed E-state index contributed by atoms with van der Waals surface area (Å²) in [6.07, 6.45) is 3.30. The van der Waals surface area contributed by atoms with Crippen LogP contribution in [0, 0.1) is 0 Å². The lowest BCUT2D eigenvalue weighted by molar-refractivity contribution is 0.675. The summed E-state index contributed by atoms with van der Waals surface area (Å²) >= 11 is 7.62. The van der Waals surface area contributed by atoms with Crippen LogP contribution in [0.1, 0.15) is 18.7 Å². The Hall–Kier alpha value is -1.13. The van der Waals surface area contributed by atoms with Crippen LogP contribution in [0.3, 0.4) is 0 Å². The standard InChI is InChI=1S/C12H14ClN3S/c1-9(2)16(8-10-4-3-5-17-10)12-7-14-6-11(13)15-12/h3-7,9H,8H2,1-2H3. The normalized spacial score (nSPS) is 10.8. The number of hydrogen-bond acceptors (Lipinski definition) is 4. The van der Waals surface area contributed by atoms with E-state index in [1.54, 1.807) is 23.7 Å². The predicted octanol–water partition coefficient (Wildman–Crippen LogP) is 3.61. The zero-order valence-corrected chi connectivity index (χ0v) is 11.4. The van der Waals surface area contributed by atoms with Gasteiger partial charge in [-0.2, -0.15) is 0 Å². The minimum atomic E-state index is 0.352. The maximum absolute atomic E-state index is 5.88. The molecule has 0 spiro atoms. The zero-order chi connectivity index (χ0) is 12.3. The number of anilines is 1. The summed E-state index contributed by atoms with van der Waals surface area (Å²) < 4.78 is 0. The second-order valence-corrected chi connectivity index (χ2v) is 5.42. The average Bonchev–Trinajstić information content (AvgIpc) is 2.78. The molecule has 0 atom stereocenters. The predicted molar refractivity (Wildman–Crippen MR) is 72.7 cm³/mol. The van der Waals surface area contributed by atoms with Crippen molar-refractivity contribution in [2.45, 2.75) is 26.4 Å². The first kappa shape index (κ1) is 12.3. The minimum absolute atomic E-state index is 0.352. The van der Waals surface area contributed by atoms with E-state index in [4.69, 9.17) is 11.6 Å². The van der Waals surface area contributed by atoms with Crippen LogP contribution in [-0.2, 0) is 6.54 Å². The molecule has 0 fully saturated rings. The quantitative estimate of drug-likeness (QED) is 0.847. The summed E-state index contributed by atoms with van der Waals surface area (Å²) in [5.41, 5.74) is 0. The van der Waals surface area contributed by atoms with E-state index in [9.17, 15) is 0 Å². The summed E-state index contributed by atoms with van der Waals surface area (Å²) in [5.74, 6) is 0.820. The van der Waals surface area contributed by atoms with E-state index >= 15 is 0 Å². The first-order valence-electron chi connectivity index (χ1n) is 5.43. The first-order valence-corrected chi connectivity index (χ1v) is 6.69. The minimum Gasteiger partial charge on any atom is -0.348 e. The Morgan fingerprint density at radius 2 is 2.24 bits per heavy atom. The molecule has 5 heteroatoms. The van der Waals surface area contributed by atoms with Gasteiger partial charge in [-0.25, -0.2) is 4.98 Å². The highest BCUT2D eigenvalue weighted by Crippen LogP contribution is 2.20. The maximum Gasteiger partial charge on any atom is 0.149 e. The van der Waals surface area contributed by atoms with Crippen LogP contribution in [0.25, 0.3) is 0 Å². The van der Waals surface area contributed by atoms with Crippen molar-refractivity contribution in [2.24, 2.45) is 0 Å². The molecular weight excluding hydrogens is 254 g/mol. The van der Waals surface area contributed by atoms with Gasteiger partial charge in [-0.15, -0.1) is 11.3 Å². The van der Waals surface area contributed by atoms with Gasteiger partial charge in [0.2, 0.25) is 0 Å². The lowest BCUT2D eigenvalue weighted by Crippen LogP contribution is -2.30. The van der Waals surface area contributed by atoms with E-state index in [-0.39, 0.29) is 0 Å². The summed E-state index contributed by atoms with van der Waals surface area (Å²) in [4.78, 5) is 11.9. The van der Waals surface area contributed by atoms with Gasteiger partial charge < -0.3 is 4.90 Å². The Morgan fingerprint density at radius 1 is 1.41 bits per heavy atom. The fourth-order valence-electron chi connectivity index (χ4n) is 1.57. The van der Waals surface area contributed by atoms with Gasteiger partial charge in [0, 0.05) is 10.9 Å². The van der Waals surface area contributed by atoms with E-state index in [0.717, 1.165) is 12.4 Å². The van der Waals surface area contributed by atoms with Crippen LogP contribution in [0.5, 0.6) is 0 Å². The molecule has 0 bridgehead atoms. The lowest BCUT2D eigenvalue weighted by Gasteiger charge is -2.27. The second kappa shape index (κ2) is 5.47. The van der Waals surface area contributed by atoms with Crippen LogP contribution >= 0.6 is 22.9 Å². The number of thiophene rings is 1. The van der Waals surface area contributed by atoms with Crippen molar-refractivity contribution < 1.29 is 0 Å². The Labute approximate surface area is 110 Å². The zero-order valence-electron chi connectivity index (χ0n) is 9.80. The van der Waals surface area contributed by atoms with Gasteiger partial charge in [-0.3, -0.25) is 4.98 Å². The molecule has 2 aromatic rings. The molecule has 0 aliphatic heterocycles. The number of halogens is 1. The molecule has 2 rings (SSSR count). The summed E-state index contributed by atoms with van der Waals surface area (Å²) in [6, 6.07) is 4.53. The third kappa shape index (κ3) is 3.17. The van der Waals surface area contributed by atoms with E-state index < -0.39 is 0 Å². The molecule has 90 valence electrons. The van der Waals surface area contributed by atoms with Crippen LogP contribution < -0.4 is 4.90 Å². The van der Waals surface area contributed by atoms with Gasteiger partial charge in [0.25, 0.3) is 0 Å². The SMILES string of the molecule is CC(C)N(Cc1cccs1)c1cncc(Cl)n1. The molecule has 0 aliphatic carbocycles. The molecule has 0 aromatic carbocycles. The molecule has 0 unspecified atom stereocenters. The summed E-state index contributed by atoms with van der Waals surface area (Å²) in [6.45, 7) is 5.11. The first-order chi connectivity index (χ1) is 8.16. The van der Waals surface area contributed by atoms with Gasteiger partial charge in [0.15, 0.2) is 0 Å². The average molecular weight is 268 g/mol. The van der Waals surface area contributed by atoms with Gasteiger partial charge in [-0.05, 0) is 25.3 Å². The summed E-state index contributed by atoms with van der Waals surface area (Å²) in [5, 5.41) is 2.51. The fraction of sp³-hybridized carbons (Fsp3) is 0.333. The Bertz CT molecular complexity index is 470. The number of nitrogens with zero attached hydrogens (tertiary/aromatic N) is 3. The fourth-order valence-corrected chi connectivity index (χ4v) is 2.42. The highest BCUT2D eigenvalue weighted by Gasteiger charge is 2.13. The van der Waals surface area contributed by atoms with Crippen molar-refractivity contribution in [3.63, 3.8) is 0 Å². The van der Waals surface area contributed by atoms with E-state index in [0.29, 0.717) is 11.2 Å². The second-order valence-electron chi connectivity index (χ2n) is 4.00. The number of aromatic nitrogens is 2. The molecule has 2 heterocycles. The number of hydrogen-bond donors (Lipinski definition) is 0. The molecule has 3 nitrogen and oxygen atoms in total. The number of rotatable bonds is 4. The molecule has 0 aliphatic rings. The lowest BCUT2D eigenvalue weighted by atomic mass is 10.3. The molecule has 0 N–H and O–H groups in total. The van der Waals surface area contributed by atoms with Crippen molar-refractivity contribution in [1.82, 2.24) is 9.97 Å². The summed E-state index contributed by atoms with van der Waals surface area (Å²) in [7, 11) is 0. The Kier molecular flexibility index (Phi) is 3.97. The van der Waals surface area contributed by atoms with Crippen LogP contribution in [-0.4, -0.2) is 16.0 Å². The van der Waals surface area contributed by atoms with Gasteiger partial charge in [-0.1, -0.05) is 17.7 Å². The van der Waals surface area contributed by atoms with Crippen molar-refractivity contribution in [3.8, 4) is 0 Å². The molecule has 0 saturated carbocycles. The maximum atomic E-state index is 5.88. The van der Waals surface area contributed by atoms with Crippen LogP contribution in [0.2, 0.25) is 5.15 Å². The van der Waals surface area contributed by atoms with Gasteiger partial charge in [0.05, 0.1) is 18.9 Å². The topological polar surface area (TPSA) is 29.0 Å².